The summed E-state index contributed by atoms with van der Waals surface area (Å²) in [6.07, 6.45) is 6.35. The maximum atomic E-state index is 6.21. The molecule has 1 aromatic carbocycles. The van der Waals surface area contributed by atoms with Gasteiger partial charge in [0.15, 0.2) is 5.82 Å². The summed E-state index contributed by atoms with van der Waals surface area (Å²) in [7, 11) is 0. The fourth-order valence-corrected chi connectivity index (χ4v) is 3.45. The number of aryl methyl sites for hydroxylation is 1. The van der Waals surface area contributed by atoms with Crippen LogP contribution < -0.4 is 5.73 Å². The summed E-state index contributed by atoms with van der Waals surface area (Å²) in [5, 5.41) is 12.3. The van der Waals surface area contributed by atoms with Gasteiger partial charge in [-0.3, -0.25) is 0 Å². The van der Waals surface area contributed by atoms with Crippen LogP contribution in [0, 0.1) is 12.3 Å². The molecule has 0 radical (unpaired) electrons. The Morgan fingerprint density at radius 2 is 2.05 bits per heavy atom. The molecule has 2 aromatic rings. The van der Waals surface area contributed by atoms with Gasteiger partial charge < -0.3 is 5.73 Å². The van der Waals surface area contributed by atoms with Crippen LogP contribution in [0.3, 0.4) is 0 Å². The molecular weight excluding hydrogens is 262 g/mol. The number of nitrogens with two attached hydrogens (primary N) is 1. The molecule has 0 bridgehead atoms. The maximum Gasteiger partial charge on any atom is 0.184 e. The number of para-hydroxylation sites is 1. The van der Waals surface area contributed by atoms with Gasteiger partial charge in [-0.25, -0.2) is 4.68 Å². The zero-order chi connectivity index (χ0) is 14.9. The highest BCUT2D eigenvalue weighted by molar-refractivity contribution is 5.73. The van der Waals surface area contributed by atoms with E-state index in [0.29, 0.717) is 5.41 Å². The average molecular weight is 285 g/mol. The Bertz CT molecular complexity index is 625. The molecule has 1 aliphatic rings. The third-order valence-corrected chi connectivity index (χ3v) is 5.00. The summed E-state index contributed by atoms with van der Waals surface area (Å²) in [5.74, 6) is 0.788. The summed E-state index contributed by atoms with van der Waals surface area (Å²) in [6.45, 7) is 5.17. The van der Waals surface area contributed by atoms with Crippen molar-refractivity contribution in [2.45, 2.75) is 52.5 Å². The van der Waals surface area contributed by atoms with E-state index in [2.05, 4.69) is 22.4 Å². The van der Waals surface area contributed by atoms with Crippen molar-refractivity contribution in [1.29, 1.82) is 0 Å². The van der Waals surface area contributed by atoms with Gasteiger partial charge in [-0.05, 0) is 53.7 Å². The number of nitrogens with zero attached hydrogens (tertiary/aromatic N) is 4. The van der Waals surface area contributed by atoms with Gasteiger partial charge in [0.1, 0.15) is 0 Å². The minimum absolute atomic E-state index is 0.350. The van der Waals surface area contributed by atoms with Gasteiger partial charge in [0.05, 0.1) is 6.54 Å². The van der Waals surface area contributed by atoms with Gasteiger partial charge in [-0.1, -0.05) is 31.9 Å². The Morgan fingerprint density at radius 1 is 1.29 bits per heavy atom. The molecule has 0 atom stereocenters. The lowest BCUT2D eigenvalue weighted by Crippen LogP contribution is -2.24. The van der Waals surface area contributed by atoms with Crippen molar-refractivity contribution in [3.8, 4) is 11.4 Å². The fraction of sp³-hybridized carbons (Fsp3) is 0.562. The van der Waals surface area contributed by atoms with E-state index in [1.807, 2.05) is 29.8 Å². The van der Waals surface area contributed by atoms with Gasteiger partial charge >= 0.3 is 0 Å². The topological polar surface area (TPSA) is 69.6 Å². The molecule has 2 N–H and O–H groups in total. The van der Waals surface area contributed by atoms with Crippen molar-refractivity contribution < 1.29 is 0 Å². The second kappa shape index (κ2) is 5.47. The molecule has 5 heteroatoms. The molecule has 0 amide bonds. The number of benzene rings is 1. The monoisotopic (exact) mass is 285 g/mol. The van der Waals surface area contributed by atoms with Crippen LogP contribution in [0.1, 0.15) is 44.6 Å². The van der Waals surface area contributed by atoms with E-state index >= 15 is 0 Å². The van der Waals surface area contributed by atoms with Gasteiger partial charge in [0.25, 0.3) is 0 Å². The first-order valence-electron chi connectivity index (χ1n) is 7.77. The van der Waals surface area contributed by atoms with E-state index in [1.165, 1.54) is 32.1 Å². The molecular formula is C16H23N5. The van der Waals surface area contributed by atoms with E-state index in [-0.39, 0.29) is 0 Å². The lowest BCUT2D eigenvalue weighted by molar-refractivity contribution is 0.226. The molecule has 1 saturated carbocycles. The molecule has 1 aromatic heterocycles. The van der Waals surface area contributed by atoms with Gasteiger partial charge in [-0.2, -0.15) is 0 Å². The summed E-state index contributed by atoms with van der Waals surface area (Å²) < 4.78 is 1.94. The first kappa shape index (κ1) is 14.0. The normalized spacial score (nSPS) is 17.2. The SMILES string of the molecule is CCC1(Cn2nnnc2-c2cccc(C)c2N)CCCC1. The molecule has 5 nitrogen and oxygen atoms in total. The number of anilines is 1. The Labute approximate surface area is 125 Å². The molecule has 1 fully saturated rings. The summed E-state index contributed by atoms with van der Waals surface area (Å²) in [5.41, 5.74) is 9.32. The minimum atomic E-state index is 0.350. The molecule has 0 aliphatic heterocycles. The van der Waals surface area contributed by atoms with E-state index < -0.39 is 0 Å². The van der Waals surface area contributed by atoms with Gasteiger partial charge in [-0.15, -0.1) is 5.10 Å². The zero-order valence-electron chi connectivity index (χ0n) is 12.8. The standard InChI is InChI=1S/C16H23N5/c1-3-16(9-4-5-10-16)11-21-15(18-19-20-21)13-8-6-7-12(2)14(13)17/h6-8H,3-5,9-11,17H2,1-2H3. The van der Waals surface area contributed by atoms with Crippen molar-refractivity contribution in [2.75, 3.05) is 5.73 Å². The molecule has 1 aliphatic carbocycles. The molecule has 112 valence electrons. The van der Waals surface area contributed by atoms with Crippen LogP contribution in [-0.2, 0) is 6.54 Å². The van der Waals surface area contributed by atoms with Crippen molar-refractivity contribution in [1.82, 2.24) is 20.2 Å². The van der Waals surface area contributed by atoms with E-state index in [0.717, 1.165) is 29.2 Å². The lowest BCUT2D eigenvalue weighted by Gasteiger charge is -2.27. The Kier molecular flexibility index (Phi) is 3.66. The first-order valence-corrected chi connectivity index (χ1v) is 7.77. The zero-order valence-corrected chi connectivity index (χ0v) is 12.8. The molecule has 1 heterocycles. The third kappa shape index (κ3) is 2.52. The van der Waals surface area contributed by atoms with Crippen LogP contribution in [0.5, 0.6) is 0 Å². The summed E-state index contributed by atoms with van der Waals surface area (Å²) >= 11 is 0. The number of tetrazole rings is 1. The van der Waals surface area contributed by atoms with Crippen LogP contribution in [0.4, 0.5) is 5.69 Å². The average Bonchev–Trinajstić information content (AvgIpc) is 3.13. The van der Waals surface area contributed by atoms with Crippen LogP contribution in [0.2, 0.25) is 0 Å². The van der Waals surface area contributed by atoms with E-state index in [4.69, 9.17) is 5.73 Å². The van der Waals surface area contributed by atoms with Crippen molar-refractivity contribution in [3.63, 3.8) is 0 Å². The molecule has 0 spiro atoms. The van der Waals surface area contributed by atoms with Crippen molar-refractivity contribution in [2.24, 2.45) is 5.41 Å². The fourth-order valence-electron chi connectivity index (χ4n) is 3.45. The minimum Gasteiger partial charge on any atom is -0.398 e. The molecule has 3 rings (SSSR count). The van der Waals surface area contributed by atoms with E-state index in [9.17, 15) is 0 Å². The smallest absolute Gasteiger partial charge is 0.184 e. The Morgan fingerprint density at radius 3 is 2.76 bits per heavy atom. The number of aromatic nitrogens is 4. The van der Waals surface area contributed by atoms with Gasteiger partial charge in [0, 0.05) is 11.3 Å². The quantitative estimate of drug-likeness (QED) is 0.876. The first-order chi connectivity index (χ1) is 10.2. The van der Waals surface area contributed by atoms with Gasteiger partial charge in [0.2, 0.25) is 0 Å². The maximum absolute atomic E-state index is 6.21. The second-order valence-electron chi connectivity index (χ2n) is 6.26. The Balaban J connectivity index is 1.96. The largest absolute Gasteiger partial charge is 0.398 e. The second-order valence-corrected chi connectivity index (χ2v) is 6.26. The van der Waals surface area contributed by atoms with Crippen LogP contribution in [0.15, 0.2) is 18.2 Å². The molecule has 21 heavy (non-hydrogen) atoms. The van der Waals surface area contributed by atoms with Crippen LogP contribution in [-0.4, -0.2) is 20.2 Å². The molecule has 0 unspecified atom stereocenters. The molecule has 0 saturated heterocycles. The highest BCUT2D eigenvalue weighted by Crippen LogP contribution is 2.42. The number of rotatable bonds is 4. The predicted octanol–water partition coefficient (Wildman–Crippen LogP) is 3.20. The number of nitrogen functional groups attached to an aromatic ring is 1. The highest BCUT2D eigenvalue weighted by Gasteiger charge is 2.33. The van der Waals surface area contributed by atoms with Crippen LogP contribution in [0.25, 0.3) is 11.4 Å². The number of hydrogen-bond acceptors (Lipinski definition) is 4. The van der Waals surface area contributed by atoms with Crippen molar-refractivity contribution in [3.05, 3.63) is 23.8 Å². The number of hydrogen-bond donors (Lipinski definition) is 1. The summed E-state index contributed by atoms with van der Waals surface area (Å²) in [4.78, 5) is 0. The predicted molar refractivity (Wildman–Crippen MR) is 83.6 cm³/mol. The third-order valence-electron chi connectivity index (χ3n) is 5.00. The summed E-state index contributed by atoms with van der Waals surface area (Å²) in [6, 6.07) is 6.01. The van der Waals surface area contributed by atoms with Crippen LogP contribution >= 0.6 is 0 Å². The van der Waals surface area contributed by atoms with E-state index in [1.54, 1.807) is 0 Å². The Hall–Kier alpha value is -1.91. The highest BCUT2D eigenvalue weighted by atomic mass is 15.5. The van der Waals surface area contributed by atoms with Crippen molar-refractivity contribution >= 4 is 5.69 Å². The lowest BCUT2D eigenvalue weighted by atomic mass is 9.83.